The summed E-state index contributed by atoms with van der Waals surface area (Å²) in [5, 5.41) is 18.5. The molecule has 1 aromatic rings. The minimum atomic E-state index is -0.749. The third kappa shape index (κ3) is 5.01. The number of ether oxygens (including phenoxy) is 1. The number of benzene rings is 1. The zero-order chi connectivity index (χ0) is 17.6. The van der Waals surface area contributed by atoms with Crippen LogP contribution in [0, 0.1) is 16.7 Å². The number of alkyl halides is 1. The lowest BCUT2D eigenvalue weighted by atomic mass is 9.83. The van der Waals surface area contributed by atoms with Gasteiger partial charge in [0, 0.05) is 15.9 Å². The summed E-state index contributed by atoms with van der Waals surface area (Å²) in [6, 6.07) is 5.71. The fraction of sp³-hybridized carbons (Fsp3) is 0.529. The third-order valence-electron chi connectivity index (χ3n) is 3.66. The number of hydrogen-bond acceptors (Lipinski definition) is 3. The smallest absolute Gasteiger partial charge is 0.188 e. The highest BCUT2D eigenvalue weighted by Crippen LogP contribution is 2.38. The van der Waals surface area contributed by atoms with Gasteiger partial charge in [-0.1, -0.05) is 29.3 Å². The van der Waals surface area contributed by atoms with Crippen LogP contribution >= 0.6 is 34.8 Å². The predicted molar refractivity (Wildman–Crippen MR) is 97.1 cm³/mol. The van der Waals surface area contributed by atoms with E-state index in [1.54, 1.807) is 19.9 Å². The van der Waals surface area contributed by atoms with Gasteiger partial charge >= 0.3 is 0 Å². The number of nitrogens with zero attached hydrogens (tertiary/aromatic N) is 1. The second kappa shape index (κ2) is 8.78. The van der Waals surface area contributed by atoms with E-state index in [0.29, 0.717) is 34.5 Å². The summed E-state index contributed by atoms with van der Waals surface area (Å²) in [5.41, 5.74) is 0.695. The molecule has 0 aromatic heterocycles. The molecule has 1 atom stereocenters. The van der Waals surface area contributed by atoms with E-state index >= 15 is 0 Å². The molecule has 0 aliphatic rings. The molecule has 0 radical (unpaired) electrons. The average Bonchev–Trinajstić information content (AvgIpc) is 2.49. The van der Waals surface area contributed by atoms with Crippen LogP contribution in [-0.2, 0) is 10.2 Å². The molecule has 0 heterocycles. The molecule has 23 heavy (non-hydrogen) atoms. The van der Waals surface area contributed by atoms with Crippen LogP contribution in [-0.4, -0.2) is 18.4 Å². The van der Waals surface area contributed by atoms with Crippen molar-refractivity contribution in [2.24, 2.45) is 0 Å². The number of nitrogens with one attached hydrogen (secondary N) is 1. The molecule has 0 amide bonds. The van der Waals surface area contributed by atoms with Gasteiger partial charge in [-0.15, -0.1) is 11.6 Å². The van der Waals surface area contributed by atoms with E-state index in [-0.39, 0.29) is 11.8 Å². The van der Waals surface area contributed by atoms with Crippen LogP contribution in [0.5, 0.6) is 0 Å². The van der Waals surface area contributed by atoms with Gasteiger partial charge in [-0.2, -0.15) is 5.26 Å². The summed E-state index contributed by atoms with van der Waals surface area (Å²) in [6.07, 6.45) is 1.38. The van der Waals surface area contributed by atoms with E-state index in [1.165, 1.54) is 0 Å². The molecule has 3 nitrogen and oxygen atoms in total. The van der Waals surface area contributed by atoms with Crippen LogP contribution in [0.25, 0.3) is 0 Å². The molecule has 0 bridgehead atoms. The largest absolute Gasteiger partial charge is 0.481 e. The standard InChI is InChI=1S/C17H21Cl3N2O/c1-4-23-16(22)11(6-5-7-18)12-8-13(17(2,3)10-21)15(20)9-14(12)19/h8-9,11,22H,4-7H2,1-3H3. The van der Waals surface area contributed by atoms with Gasteiger partial charge < -0.3 is 4.74 Å². The van der Waals surface area contributed by atoms with Crippen molar-refractivity contribution in [2.75, 3.05) is 12.5 Å². The highest BCUT2D eigenvalue weighted by Gasteiger charge is 2.28. The van der Waals surface area contributed by atoms with Crippen LogP contribution in [0.3, 0.4) is 0 Å². The Labute approximate surface area is 153 Å². The molecule has 6 heteroatoms. The second-order valence-electron chi connectivity index (χ2n) is 5.77. The van der Waals surface area contributed by atoms with E-state index in [2.05, 4.69) is 6.07 Å². The zero-order valence-corrected chi connectivity index (χ0v) is 15.8. The zero-order valence-electron chi connectivity index (χ0n) is 13.5. The third-order valence-corrected chi connectivity index (χ3v) is 4.56. The first kappa shape index (κ1) is 20.1. The van der Waals surface area contributed by atoms with E-state index < -0.39 is 5.41 Å². The molecule has 1 aromatic carbocycles. The molecule has 1 N–H and O–H groups in total. The molecule has 1 rings (SSSR count). The van der Waals surface area contributed by atoms with Crippen molar-refractivity contribution in [3.05, 3.63) is 33.3 Å². The first-order valence-corrected chi connectivity index (χ1v) is 8.75. The van der Waals surface area contributed by atoms with Gasteiger partial charge in [0.2, 0.25) is 0 Å². The first-order valence-electron chi connectivity index (χ1n) is 7.46. The van der Waals surface area contributed by atoms with Gasteiger partial charge in [0.1, 0.15) is 0 Å². The highest BCUT2D eigenvalue weighted by atomic mass is 35.5. The number of rotatable bonds is 7. The topological polar surface area (TPSA) is 56.9 Å². The molecule has 0 saturated carbocycles. The fourth-order valence-corrected chi connectivity index (χ4v) is 3.24. The maximum Gasteiger partial charge on any atom is 0.188 e. The van der Waals surface area contributed by atoms with Crippen LogP contribution in [0.4, 0.5) is 0 Å². The SMILES string of the molecule is CCOC(=N)C(CCCCl)c1cc(C(C)(C)C#N)c(Cl)cc1Cl. The summed E-state index contributed by atoms with van der Waals surface area (Å²) in [5.74, 6) is 0.353. The molecule has 0 saturated heterocycles. The van der Waals surface area contributed by atoms with Crippen molar-refractivity contribution in [1.82, 2.24) is 0 Å². The van der Waals surface area contributed by atoms with Crippen molar-refractivity contribution in [3.63, 3.8) is 0 Å². The van der Waals surface area contributed by atoms with Gasteiger partial charge in [-0.25, -0.2) is 0 Å². The van der Waals surface area contributed by atoms with Gasteiger partial charge in [-0.05, 0) is 50.8 Å². The molecule has 126 valence electrons. The Bertz CT molecular complexity index is 609. The molecular formula is C17H21Cl3N2O. The lowest BCUT2D eigenvalue weighted by Crippen LogP contribution is -2.19. The second-order valence-corrected chi connectivity index (χ2v) is 6.96. The summed E-state index contributed by atoms with van der Waals surface area (Å²) in [7, 11) is 0. The fourth-order valence-electron chi connectivity index (χ4n) is 2.34. The summed E-state index contributed by atoms with van der Waals surface area (Å²) < 4.78 is 5.38. The van der Waals surface area contributed by atoms with E-state index in [9.17, 15) is 5.26 Å². The Hall–Kier alpha value is -0.950. The van der Waals surface area contributed by atoms with Crippen molar-refractivity contribution >= 4 is 40.7 Å². The molecular weight excluding hydrogens is 355 g/mol. The lowest BCUT2D eigenvalue weighted by Gasteiger charge is -2.24. The Balaban J connectivity index is 3.38. The number of hydrogen-bond donors (Lipinski definition) is 1. The predicted octanol–water partition coefficient (Wildman–Crippen LogP) is 5.91. The highest BCUT2D eigenvalue weighted by molar-refractivity contribution is 6.35. The van der Waals surface area contributed by atoms with Crippen molar-refractivity contribution in [2.45, 2.75) is 44.9 Å². The minimum absolute atomic E-state index is 0.155. The Kier molecular flexibility index (Phi) is 7.67. The Morgan fingerprint density at radius 1 is 1.35 bits per heavy atom. The molecule has 1 unspecified atom stereocenters. The Morgan fingerprint density at radius 2 is 2.00 bits per heavy atom. The van der Waals surface area contributed by atoms with Crippen molar-refractivity contribution in [1.29, 1.82) is 10.7 Å². The van der Waals surface area contributed by atoms with Gasteiger partial charge in [0.25, 0.3) is 0 Å². The van der Waals surface area contributed by atoms with Crippen LogP contribution in [0.1, 0.15) is 50.7 Å². The maximum atomic E-state index is 9.38. The monoisotopic (exact) mass is 374 g/mol. The number of halogens is 3. The maximum absolute atomic E-state index is 9.38. The molecule has 0 spiro atoms. The van der Waals surface area contributed by atoms with Gasteiger partial charge in [0.15, 0.2) is 5.90 Å². The molecule has 0 fully saturated rings. The van der Waals surface area contributed by atoms with E-state index in [4.69, 9.17) is 44.9 Å². The normalized spacial score (nSPS) is 12.6. The summed E-state index contributed by atoms with van der Waals surface area (Å²) in [4.78, 5) is 0. The minimum Gasteiger partial charge on any atom is -0.481 e. The molecule has 0 aliphatic heterocycles. The van der Waals surface area contributed by atoms with Gasteiger partial charge in [-0.3, -0.25) is 5.41 Å². The quantitative estimate of drug-likeness (QED) is 0.366. The van der Waals surface area contributed by atoms with E-state index in [0.717, 1.165) is 12.0 Å². The average molecular weight is 376 g/mol. The summed E-state index contributed by atoms with van der Waals surface area (Å²) in [6.45, 7) is 5.85. The van der Waals surface area contributed by atoms with Gasteiger partial charge in [0.05, 0.1) is 24.0 Å². The number of nitriles is 1. The lowest BCUT2D eigenvalue weighted by molar-refractivity contribution is 0.305. The van der Waals surface area contributed by atoms with Crippen molar-refractivity contribution in [3.8, 4) is 6.07 Å². The Morgan fingerprint density at radius 3 is 2.52 bits per heavy atom. The van der Waals surface area contributed by atoms with Crippen LogP contribution in [0.2, 0.25) is 10.0 Å². The van der Waals surface area contributed by atoms with E-state index in [1.807, 2.05) is 13.0 Å². The summed E-state index contributed by atoms with van der Waals surface area (Å²) >= 11 is 18.4. The van der Waals surface area contributed by atoms with Crippen molar-refractivity contribution < 1.29 is 4.74 Å². The van der Waals surface area contributed by atoms with Crippen LogP contribution < -0.4 is 0 Å². The van der Waals surface area contributed by atoms with Crippen LogP contribution in [0.15, 0.2) is 12.1 Å². The first-order chi connectivity index (χ1) is 10.8. The molecule has 0 aliphatic carbocycles.